The number of aliphatic hydroxyl groups excluding tert-OH is 1. The highest BCUT2D eigenvalue weighted by Gasteiger charge is 2.11. The topological polar surface area (TPSA) is 67.3 Å². The van der Waals surface area contributed by atoms with Crippen LogP contribution in [0.5, 0.6) is 0 Å². The van der Waals surface area contributed by atoms with Crippen molar-refractivity contribution in [3.63, 3.8) is 0 Å². The van der Waals surface area contributed by atoms with Gasteiger partial charge in [0.05, 0.1) is 13.2 Å². The van der Waals surface area contributed by atoms with E-state index in [9.17, 15) is 0 Å². The number of hydrogen-bond donors (Lipinski definition) is 2. The van der Waals surface area contributed by atoms with Crippen LogP contribution in [-0.2, 0) is 4.74 Å². The first-order chi connectivity index (χ1) is 9.06. The number of aromatic nitrogens is 2. The Labute approximate surface area is 119 Å². The molecule has 0 aromatic carbocycles. The molecule has 0 amide bonds. The summed E-state index contributed by atoms with van der Waals surface area (Å²) in [6, 6.07) is 0. The molecule has 1 heterocycles. The number of halogens is 1. The van der Waals surface area contributed by atoms with Crippen LogP contribution in [0, 0.1) is 6.92 Å². The molecule has 0 spiro atoms. The van der Waals surface area contributed by atoms with Gasteiger partial charge in [0, 0.05) is 24.6 Å². The third-order valence-electron chi connectivity index (χ3n) is 2.61. The van der Waals surface area contributed by atoms with Crippen LogP contribution in [-0.4, -0.2) is 41.4 Å². The minimum atomic E-state index is 0.0613. The molecule has 1 aromatic heterocycles. The number of nitrogens with one attached hydrogen (secondary N) is 1. The van der Waals surface area contributed by atoms with E-state index in [-0.39, 0.29) is 12.5 Å². The van der Waals surface area contributed by atoms with Crippen LogP contribution in [0.1, 0.15) is 37.6 Å². The predicted molar refractivity (Wildman–Crippen MR) is 76.9 cm³/mol. The fourth-order valence-electron chi connectivity index (χ4n) is 1.48. The van der Waals surface area contributed by atoms with Gasteiger partial charge in [-0.3, -0.25) is 0 Å². The van der Waals surface area contributed by atoms with E-state index in [1.165, 1.54) is 0 Å². The van der Waals surface area contributed by atoms with E-state index in [0.29, 0.717) is 18.4 Å². The maximum atomic E-state index is 8.58. The van der Waals surface area contributed by atoms with Gasteiger partial charge >= 0.3 is 0 Å². The van der Waals surface area contributed by atoms with Crippen LogP contribution in [0.25, 0.3) is 0 Å². The quantitative estimate of drug-likeness (QED) is 0.567. The van der Waals surface area contributed by atoms with Crippen LogP contribution in [0.4, 0.5) is 5.82 Å². The molecule has 5 nitrogen and oxygen atoms in total. The molecule has 0 saturated carbocycles. The van der Waals surface area contributed by atoms with Gasteiger partial charge < -0.3 is 15.2 Å². The Morgan fingerprint density at radius 2 is 2.05 bits per heavy atom. The summed E-state index contributed by atoms with van der Waals surface area (Å²) >= 11 is 6.10. The summed E-state index contributed by atoms with van der Waals surface area (Å²) in [5, 5.41) is 12.3. The summed E-state index contributed by atoms with van der Waals surface area (Å²) in [6.07, 6.45) is 0.845. The Morgan fingerprint density at radius 1 is 1.32 bits per heavy atom. The molecule has 0 aliphatic rings. The van der Waals surface area contributed by atoms with Crippen molar-refractivity contribution in [3.8, 4) is 0 Å². The van der Waals surface area contributed by atoms with E-state index in [0.717, 1.165) is 30.2 Å². The number of anilines is 1. The van der Waals surface area contributed by atoms with Crippen molar-refractivity contribution in [2.75, 3.05) is 31.7 Å². The Morgan fingerprint density at radius 3 is 2.68 bits per heavy atom. The van der Waals surface area contributed by atoms with Crippen molar-refractivity contribution in [2.24, 2.45) is 0 Å². The molecular weight excluding hydrogens is 266 g/mol. The van der Waals surface area contributed by atoms with E-state index >= 15 is 0 Å². The summed E-state index contributed by atoms with van der Waals surface area (Å²) in [6.45, 7) is 7.78. The summed E-state index contributed by atoms with van der Waals surface area (Å²) in [5.74, 6) is 1.77. The number of nitrogens with zero attached hydrogens (tertiary/aromatic N) is 2. The van der Waals surface area contributed by atoms with Crippen molar-refractivity contribution in [2.45, 2.75) is 33.1 Å². The fourth-order valence-corrected chi connectivity index (χ4v) is 1.66. The van der Waals surface area contributed by atoms with E-state index in [1.807, 2.05) is 20.8 Å². The molecule has 0 saturated heterocycles. The zero-order valence-electron chi connectivity index (χ0n) is 11.7. The van der Waals surface area contributed by atoms with E-state index < -0.39 is 0 Å². The lowest BCUT2D eigenvalue weighted by Crippen LogP contribution is -2.11. The molecule has 2 N–H and O–H groups in total. The average Bonchev–Trinajstić information content (AvgIpc) is 2.37. The van der Waals surface area contributed by atoms with Crippen LogP contribution in [0.3, 0.4) is 0 Å². The molecule has 0 radical (unpaired) electrons. The van der Waals surface area contributed by atoms with Gasteiger partial charge in [0.15, 0.2) is 0 Å². The number of ether oxygens (including phenoxy) is 1. The average molecular weight is 288 g/mol. The summed E-state index contributed by atoms with van der Waals surface area (Å²) in [7, 11) is 0. The van der Waals surface area contributed by atoms with Gasteiger partial charge in [0.2, 0.25) is 0 Å². The van der Waals surface area contributed by atoms with Crippen LogP contribution in [0.15, 0.2) is 0 Å². The lowest BCUT2D eigenvalue weighted by atomic mass is 10.2. The van der Waals surface area contributed by atoms with Gasteiger partial charge in [-0.2, -0.15) is 0 Å². The number of aliphatic hydroxyl groups is 1. The summed E-state index contributed by atoms with van der Waals surface area (Å²) < 4.78 is 5.19. The third-order valence-corrected chi connectivity index (χ3v) is 2.98. The molecule has 0 fully saturated rings. The Bertz CT molecular complexity index is 400. The maximum absolute atomic E-state index is 8.58. The van der Waals surface area contributed by atoms with Gasteiger partial charge in [-0.25, -0.2) is 9.97 Å². The molecule has 19 heavy (non-hydrogen) atoms. The molecule has 108 valence electrons. The van der Waals surface area contributed by atoms with Crippen molar-refractivity contribution in [1.29, 1.82) is 0 Å². The molecule has 0 bridgehead atoms. The van der Waals surface area contributed by atoms with Gasteiger partial charge in [0.1, 0.15) is 16.8 Å². The van der Waals surface area contributed by atoms with Crippen molar-refractivity contribution in [1.82, 2.24) is 9.97 Å². The minimum Gasteiger partial charge on any atom is -0.394 e. The summed E-state index contributed by atoms with van der Waals surface area (Å²) in [4.78, 5) is 8.74. The molecule has 0 aliphatic heterocycles. The Kier molecular flexibility index (Phi) is 7.05. The summed E-state index contributed by atoms with van der Waals surface area (Å²) in [5.41, 5.74) is 0.863. The van der Waals surface area contributed by atoms with E-state index in [4.69, 9.17) is 21.4 Å². The highest BCUT2D eigenvalue weighted by atomic mass is 35.5. The van der Waals surface area contributed by atoms with Crippen molar-refractivity contribution >= 4 is 17.4 Å². The first-order valence-electron chi connectivity index (χ1n) is 6.52. The third kappa shape index (κ3) is 5.30. The fraction of sp³-hybridized carbons (Fsp3) is 0.692. The van der Waals surface area contributed by atoms with Crippen molar-refractivity contribution in [3.05, 3.63) is 16.5 Å². The second-order valence-corrected chi connectivity index (χ2v) is 4.98. The van der Waals surface area contributed by atoms with Crippen LogP contribution < -0.4 is 5.32 Å². The number of rotatable bonds is 8. The first-order valence-corrected chi connectivity index (χ1v) is 6.90. The van der Waals surface area contributed by atoms with E-state index in [1.54, 1.807) is 0 Å². The van der Waals surface area contributed by atoms with Crippen LogP contribution in [0.2, 0.25) is 5.15 Å². The lowest BCUT2D eigenvalue weighted by Gasteiger charge is -2.12. The molecule has 6 heteroatoms. The second-order valence-electron chi connectivity index (χ2n) is 4.62. The normalized spacial score (nSPS) is 11.1. The molecule has 0 atom stereocenters. The molecule has 1 aromatic rings. The maximum Gasteiger partial charge on any atom is 0.137 e. The largest absolute Gasteiger partial charge is 0.394 e. The van der Waals surface area contributed by atoms with E-state index in [2.05, 4.69) is 15.3 Å². The Hall–Kier alpha value is -0.910. The molecular formula is C13H22ClN3O2. The monoisotopic (exact) mass is 287 g/mol. The predicted octanol–water partition coefficient (Wildman–Crippen LogP) is 2.37. The lowest BCUT2D eigenvalue weighted by molar-refractivity contribution is 0.0922. The standard InChI is InChI=1S/C13H22ClN3O2/c1-9(2)12-16-11(14)10(3)13(17-12)15-5-4-7-19-8-6-18/h9,18H,4-8H2,1-3H3,(H,15,16,17). The number of hydrogen-bond acceptors (Lipinski definition) is 5. The molecule has 0 aliphatic carbocycles. The van der Waals surface area contributed by atoms with Gasteiger partial charge in [-0.05, 0) is 13.3 Å². The van der Waals surface area contributed by atoms with Crippen molar-refractivity contribution < 1.29 is 9.84 Å². The zero-order valence-corrected chi connectivity index (χ0v) is 12.5. The van der Waals surface area contributed by atoms with Gasteiger partial charge in [-0.1, -0.05) is 25.4 Å². The zero-order chi connectivity index (χ0) is 14.3. The minimum absolute atomic E-state index is 0.0613. The second kappa shape index (κ2) is 8.30. The van der Waals surface area contributed by atoms with Crippen LogP contribution >= 0.6 is 11.6 Å². The highest BCUT2D eigenvalue weighted by molar-refractivity contribution is 6.30. The molecule has 1 rings (SSSR count). The SMILES string of the molecule is Cc1c(Cl)nc(C(C)C)nc1NCCCOCCO. The van der Waals surface area contributed by atoms with Gasteiger partial charge in [0.25, 0.3) is 0 Å². The van der Waals surface area contributed by atoms with Gasteiger partial charge in [-0.15, -0.1) is 0 Å². The first kappa shape index (κ1) is 16.1. The Balaban J connectivity index is 2.52. The molecule has 0 unspecified atom stereocenters. The smallest absolute Gasteiger partial charge is 0.137 e. The highest BCUT2D eigenvalue weighted by Crippen LogP contribution is 2.22.